The summed E-state index contributed by atoms with van der Waals surface area (Å²) in [5.41, 5.74) is 3.32. The molecular weight excluding hydrogens is 322 g/mol. The van der Waals surface area contributed by atoms with Crippen molar-refractivity contribution < 1.29 is 19.4 Å². The predicted octanol–water partition coefficient (Wildman–Crippen LogP) is 2.00. The number of aryl methyl sites for hydroxylation is 2. The van der Waals surface area contributed by atoms with Crippen LogP contribution in [0.2, 0.25) is 0 Å². The molecule has 1 saturated heterocycles. The molecule has 3 rings (SSSR count). The highest BCUT2D eigenvalue weighted by Crippen LogP contribution is 2.33. The summed E-state index contributed by atoms with van der Waals surface area (Å²) >= 11 is 0. The molecule has 2 N–H and O–H groups in total. The highest BCUT2D eigenvalue weighted by atomic mass is 16.5. The molecule has 1 aliphatic rings. The van der Waals surface area contributed by atoms with Gasteiger partial charge in [-0.15, -0.1) is 0 Å². The third-order valence-electron chi connectivity index (χ3n) is 4.63. The number of benzene rings is 1. The number of amides is 1. The van der Waals surface area contributed by atoms with Gasteiger partial charge in [0.05, 0.1) is 17.3 Å². The lowest BCUT2D eigenvalue weighted by Crippen LogP contribution is -2.37. The third kappa shape index (κ3) is 3.28. The Hall–Kier alpha value is -2.67. The van der Waals surface area contributed by atoms with E-state index < -0.39 is 5.97 Å². The molecule has 0 aliphatic carbocycles. The van der Waals surface area contributed by atoms with Crippen molar-refractivity contribution in [1.29, 1.82) is 0 Å². The van der Waals surface area contributed by atoms with E-state index in [1.165, 1.54) is 12.1 Å². The summed E-state index contributed by atoms with van der Waals surface area (Å²) in [5, 5.41) is 16.5. The van der Waals surface area contributed by atoms with Gasteiger partial charge in [-0.2, -0.15) is 5.10 Å². The van der Waals surface area contributed by atoms with E-state index in [9.17, 15) is 9.59 Å². The van der Waals surface area contributed by atoms with E-state index in [-0.39, 0.29) is 23.6 Å². The van der Waals surface area contributed by atoms with Crippen LogP contribution >= 0.6 is 0 Å². The van der Waals surface area contributed by atoms with Crippen molar-refractivity contribution in [3.05, 3.63) is 52.3 Å². The van der Waals surface area contributed by atoms with Crippen molar-refractivity contribution in [2.75, 3.05) is 6.61 Å². The fourth-order valence-corrected chi connectivity index (χ4v) is 3.27. The van der Waals surface area contributed by atoms with Crippen molar-refractivity contribution >= 4 is 11.9 Å². The van der Waals surface area contributed by atoms with Gasteiger partial charge in [0.15, 0.2) is 0 Å². The fraction of sp³-hybridized carbons (Fsp3) is 0.389. The minimum absolute atomic E-state index is 0.0887. The normalized spacial score (nSPS) is 19.8. The average Bonchev–Trinajstić information content (AvgIpc) is 3.11. The largest absolute Gasteiger partial charge is 0.478 e. The van der Waals surface area contributed by atoms with Crippen molar-refractivity contribution in [2.24, 2.45) is 7.05 Å². The number of ether oxygens (including phenoxy) is 1. The summed E-state index contributed by atoms with van der Waals surface area (Å²) in [5.74, 6) is -1.36. The van der Waals surface area contributed by atoms with Gasteiger partial charge in [-0.05, 0) is 38.5 Å². The molecule has 1 aromatic carbocycles. The lowest BCUT2D eigenvalue weighted by Gasteiger charge is -2.20. The molecule has 0 radical (unpaired) electrons. The molecule has 0 saturated carbocycles. The molecule has 7 nitrogen and oxygen atoms in total. The number of nitrogens with one attached hydrogen (secondary N) is 1. The van der Waals surface area contributed by atoms with Crippen LogP contribution in [0, 0.1) is 13.8 Å². The first-order valence-corrected chi connectivity index (χ1v) is 8.14. The molecule has 0 bridgehead atoms. The summed E-state index contributed by atoms with van der Waals surface area (Å²) in [6.07, 6.45) is 0.448. The molecule has 132 valence electrons. The fourth-order valence-electron chi connectivity index (χ4n) is 3.27. The second kappa shape index (κ2) is 6.68. The summed E-state index contributed by atoms with van der Waals surface area (Å²) in [6, 6.07) is 5.83. The SMILES string of the molecule is Cc1nn(C)c(C)c1[C@H]1OCC[C@@H]1NC(=O)c1cccc(C(=O)O)c1. The minimum Gasteiger partial charge on any atom is -0.478 e. The Bertz CT molecular complexity index is 828. The second-order valence-corrected chi connectivity index (χ2v) is 6.25. The third-order valence-corrected chi connectivity index (χ3v) is 4.63. The van der Waals surface area contributed by atoms with Gasteiger partial charge in [0.1, 0.15) is 6.10 Å². The van der Waals surface area contributed by atoms with Gasteiger partial charge in [0.2, 0.25) is 0 Å². The summed E-state index contributed by atoms with van der Waals surface area (Å²) in [6.45, 7) is 4.46. The molecule has 2 aromatic rings. The monoisotopic (exact) mass is 343 g/mol. The van der Waals surface area contributed by atoms with E-state index in [1.54, 1.807) is 12.1 Å². The first-order valence-electron chi connectivity index (χ1n) is 8.14. The van der Waals surface area contributed by atoms with Crippen LogP contribution < -0.4 is 5.32 Å². The van der Waals surface area contributed by atoms with E-state index in [0.29, 0.717) is 18.6 Å². The van der Waals surface area contributed by atoms with Gasteiger partial charge in [0, 0.05) is 30.5 Å². The first kappa shape index (κ1) is 17.2. The zero-order valence-corrected chi connectivity index (χ0v) is 14.4. The zero-order chi connectivity index (χ0) is 18.1. The number of aromatic nitrogens is 2. The minimum atomic E-state index is -1.06. The molecule has 7 heteroatoms. The van der Waals surface area contributed by atoms with E-state index in [1.807, 2.05) is 25.6 Å². The van der Waals surface area contributed by atoms with Crippen LogP contribution in [0.5, 0.6) is 0 Å². The van der Waals surface area contributed by atoms with Crippen LogP contribution in [0.3, 0.4) is 0 Å². The molecular formula is C18H21N3O4. The van der Waals surface area contributed by atoms with Gasteiger partial charge in [-0.3, -0.25) is 9.48 Å². The Morgan fingerprint density at radius 2 is 2.04 bits per heavy atom. The molecule has 0 spiro atoms. The number of nitrogens with zero attached hydrogens (tertiary/aromatic N) is 2. The van der Waals surface area contributed by atoms with E-state index in [2.05, 4.69) is 10.4 Å². The summed E-state index contributed by atoms with van der Waals surface area (Å²) < 4.78 is 7.67. The van der Waals surface area contributed by atoms with Crippen LogP contribution in [-0.4, -0.2) is 39.4 Å². The molecule has 1 aromatic heterocycles. The van der Waals surface area contributed by atoms with E-state index >= 15 is 0 Å². The van der Waals surface area contributed by atoms with Crippen LogP contribution in [0.4, 0.5) is 0 Å². The highest BCUT2D eigenvalue weighted by Gasteiger charge is 2.34. The second-order valence-electron chi connectivity index (χ2n) is 6.25. The number of hydrogen-bond donors (Lipinski definition) is 2. The van der Waals surface area contributed by atoms with Crippen LogP contribution in [0.25, 0.3) is 0 Å². The lowest BCUT2D eigenvalue weighted by atomic mass is 9.99. The maximum Gasteiger partial charge on any atom is 0.335 e. The quantitative estimate of drug-likeness (QED) is 0.885. The molecule has 1 fully saturated rings. The highest BCUT2D eigenvalue weighted by molar-refractivity contribution is 5.97. The van der Waals surface area contributed by atoms with E-state index in [0.717, 1.165) is 17.0 Å². The van der Waals surface area contributed by atoms with Gasteiger partial charge in [-0.25, -0.2) is 4.79 Å². The Balaban J connectivity index is 1.81. The number of aromatic carboxylic acids is 1. The Morgan fingerprint density at radius 1 is 1.32 bits per heavy atom. The maximum atomic E-state index is 12.5. The van der Waals surface area contributed by atoms with Gasteiger partial charge < -0.3 is 15.2 Å². The molecule has 1 amide bonds. The van der Waals surface area contributed by atoms with Crippen molar-refractivity contribution in [3.8, 4) is 0 Å². The number of carbonyl (C=O) groups excluding carboxylic acids is 1. The molecule has 1 aliphatic heterocycles. The van der Waals surface area contributed by atoms with Gasteiger partial charge in [0.25, 0.3) is 5.91 Å². The van der Waals surface area contributed by atoms with Gasteiger partial charge >= 0.3 is 5.97 Å². The number of carboxylic acid groups (broad SMARTS) is 1. The summed E-state index contributed by atoms with van der Waals surface area (Å²) in [4.78, 5) is 23.6. The van der Waals surface area contributed by atoms with Crippen LogP contribution in [0.1, 0.15) is 50.2 Å². The number of carbonyl (C=O) groups is 2. The molecule has 2 atom stereocenters. The molecule has 2 heterocycles. The van der Waals surface area contributed by atoms with Crippen molar-refractivity contribution in [3.63, 3.8) is 0 Å². The van der Waals surface area contributed by atoms with Crippen molar-refractivity contribution in [1.82, 2.24) is 15.1 Å². The summed E-state index contributed by atoms with van der Waals surface area (Å²) in [7, 11) is 1.88. The Labute approximate surface area is 145 Å². The number of rotatable bonds is 4. The van der Waals surface area contributed by atoms with E-state index in [4.69, 9.17) is 9.84 Å². The lowest BCUT2D eigenvalue weighted by molar-refractivity contribution is 0.0697. The Kier molecular flexibility index (Phi) is 4.59. The van der Waals surface area contributed by atoms with Crippen LogP contribution in [-0.2, 0) is 11.8 Å². The maximum absolute atomic E-state index is 12.5. The molecule has 25 heavy (non-hydrogen) atoms. The molecule has 0 unspecified atom stereocenters. The number of hydrogen-bond acceptors (Lipinski definition) is 4. The number of carboxylic acids is 1. The van der Waals surface area contributed by atoms with Gasteiger partial charge in [-0.1, -0.05) is 6.07 Å². The zero-order valence-electron chi connectivity index (χ0n) is 14.4. The van der Waals surface area contributed by atoms with Crippen molar-refractivity contribution in [2.45, 2.75) is 32.4 Å². The Morgan fingerprint density at radius 3 is 2.68 bits per heavy atom. The average molecular weight is 343 g/mol. The van der Waals surface area contributed by atoms with Crippen LogP contribution in [0.15, 0.2) is 24.3 Å². The predicted molar refractivity (Wildman–Crippen MR) is 90.6 cm³/mol. The smallest absolute Gasteiger partial charge is 0.335 e. The standard InChI is InChI=1S/C18H21N3O4/c1-10-15(11(2)21(3)20-10)16-14(7-8-25-16)19-17(22)12-5-4-6-13(9-12)18(23)24/h4-6,9,14,16H,7-8H2,1-3H3,(H,19,22)(H,23,24)/t14-,16-/m0/s1. The first-order chi connectivity index (χ1) is 11.9. The topological polar surface area (TPSA) is 93.5 Å².